The molecule has 0 unspecified atom stereocenters. The second-order valence-corrected chi connectivity index (χ2v) is 4.62. The molecule has 0 aromatic carbocycles. The van der Waals surface area contributed by atoms with Gasteiger partial charge in [-0.1, -0.05) is 13.8 Å². The Morgan fingerprint density at radius 1 is 1.25 bits per heavy atom. The maximum Gasteiger partial charge on any atom is 0.158 e. The minimum absolute atomic E-state index is 0.326. The van der Waals surface area contributed by atoms with Crippen molar-refractivity contribution in [3.63, 3.8) is 0 Å². The molecule has 20 heavy (non-hydrogen) atoms. The summed E-state index contributed by atoms with van der Waals surface area (Å²) in [5.74, 6) is 7.06. The molecule has 0 amide bonds. The van der Waals surface area contributed by atoms with Crippen molar-refractivity contribution in [3.8, 4) is 0 Å². The quantitative estimate of drug-likeness (QED) is 0.399. The van der Waals surface area contributed by atoms with Gasteiger partial charge in [0.25, 0.3) is 0 Å². The van der Waals surface area contributed by atoms with Crippen LogP contribution in [0.4, 0.5) is 11.6 Å². The number of hydrogen-bond acceptors (Lipinski definition) is 7. The zero-order valence-electron chi connectivity index (χ0n) is 12.4. The lowest BCUT2D eigenvalue weighted by atomic mass is 9.98. The molecule has 1 aromatic heterocycles. The number of nitrogens with two attached hydrogens (primary N) is 1. The molecule has 7 nitrogen and oxygen atoms in total. The molecule has 0 atom stereocenters. The van der Waals surface area contributed by atoms with E-state index < -0.39 is 5.60 Å². The largest absolute Gasteiger partial charge is 0.388 e. The average Bonchev–Trinajstić information content (AvgIpc) is 2.50. The van der Waals surface area contributed by atoms with E-state index in [1.807, 2.05) is 20.8 Å². The van der Waals surface area contributed by atoms with Gasteiger partial charge in [0.15, 0.2) is 5.82 Å². The molecule has 1 rings (SSSR count). The smallest absolute Gasteiger partial charge is 0.158 e. The highest BCUT2D eigenvalue weighted by Gasteiger charge is 2.22. The van der Waals surface area contributed by atoms with Gasteiger partial charge in [0, 0.05) is 19.2 Å². The van der Waals surface area contributed by atoms with Gasteiger partial charge in [-0.2, -0.15) is 0 Å². The van der Waals surface area contributed by atoms with Crippen LogP contribution < -0.4 is 16.6 Å². The Labute approximate surface area is 119 Å². The number of rotatable bonds is 9. The monoisotopic (exact) mass is 283 g/mol. The van der Waals surface area contributed by atoms with Crippen molar-refractivity contribution in [3.05, 3.63) is 11.9 Å². The van der Waals surface area contributed by atoms with E-state index >= 15 is 0 Å². The van der Waals surface area contributed by atoms with Crippen LogP contribution in [0.3, 0.4) is 0 Å². The van der Waals surface area contributed by atoms with Crippen molar-refractivity contribution in [2.24, 2.45) is 5.84 Å². The van der Waals surface area contributed by atoms with E-state index in [1.54, 1.807) is 6.07 Å². The van der Waals surface area contributed by atoms with E-state index in [0.717, 1.165) is 0 Å². The number of hydrazine groups is 1. The summed E-state index contributed by atoms with van der Waals surface area (Å²) in [6.07, 6.45) is 1.35. The molecule has 1 aromatic rings. The van der Waals surface area contributed by atoms with Gasteiger partial charge in [-0.25, -0.2) is 15.8 Å². The first-order valence-electron chi connectivity index (χ1n) is 6.95. The molecule has 0 saturated heterocycles. The number of ether oxygens (including phenoxy) is 1. The number of nitrogens with zero attached hydrogens (tertiary/aromatic N) is 2. The van der Waals surface area contributed by atoms with Crippen molar-refractivity contribution in [1.29, 1.82) is 0 Å². The Morgan fingerprint density at radius 2 is 1.90 bits per heavy atom. The van der Waals surface area contributed by atoms with Crippen LogP contribution in [0.1, 0.15) is 39.4 Å². The highest BCUT2D eigenvalue weighted by atomic mass is 16.5. The van der Waals surface area contributed by atoms with Crippen LogP contribution in [0.5, 0.6) is 0 Å². The van der Waals surface area contributed by atoms with E-state index in [0.29, 0.717) is 50.1 Å². The molecule has 0 radical (unpaired) electrons. The Kier molecular flexibility index (Phi) is 6.63. The Balaban J connectivity index is 2.77. The predicted molar refractivity (Wildman–Crippen MR) is 79.2 cm³/mol. The molecule has 0 bridgehead atoms. The fourth-order valence-corrected chi connectivity index (χ4v) is 1.67. The number of aromatic nitrogens is 2. The van der Waals surface area contributed by atoms with Crippen molar-refractivity contribution in [2.45, 2.75) is 45.8 Å². The maximum atomic E-state index is 10.3. The lowest BCUT2D eigenvalue weighted by Gasteiger charge is -2.25. The van der Waals surface area contributed by atoms with Crippen LogP contribution in [0.15, 0.2) is 6.07 Å². The summed E-state index contributed by atoms with van der Waals surface area (Å²) in [6, 6.07) is 1.70. The number of aliphatic hydroxyl groups is 1. The second kappa shape index (κ2) is 7.98. The van der Waals surface area contributed by atoms with Gasteiger partial charge in [-0.3, -0.25) is 0 Å². The van der Waals surface area contributed by atoms with E-state index in [4.69, 9.17) is 10.6 Å². The highest BCUT2D eigenvalue weighted by molar-refractivity contribution is 5.47. The van der Waals surface area contributed by atoms with E-state index in [-0.39, 0.29) is 0 Å². The first-order chi connectivity index (χ1) is 9.56. The normalized spacial score (nSPS) is 11.4. The minimum Gasteiger partial charge on any atom is -0.388 e. The highest BCUT2D eigenvalue weighted by Crippen LogP contribution is 2.17. The SMILES string of the molecule is CCOCc1nc(NN)cc(NCC(O)(CC)CC)n1. The first-order valence-corrected chi connectivity index (χ1v) is 6.95. The van der Waals surface area contributed by atoms with Crippen molar-refractivity contribution in [1.82, 2.24) is 9.97 Å². The molecule has 0 aliphatic carbocycles. The summed E-state index contributed by atoms with van der Waals surface area (Å²) in [5.41, 5.74) is 1.77. The standard InChI is InChI=1S/C13H25N5O2/c1-4-13(19,5-2)9-15-10-7-11(18-14)17-12(16-10)8-20-6-3/h7,19H,4-6,8-9,14H2,1-3H3,(H2,15,16,17,18). The Hall–Kier alpha value is -1.44. The third-order valence-corrected chi connectivity index (χ3v) is 3.27. The van der Waals surface area contributed by atoms with Crippen molar-refractivity contribution in [2.75, 3.05) is 23.9 Å². The summed E-state index contributed by atoms with van der Waals surface area (Å²) in [7, 11) is 0. The molecule has 114 valence electrons. The second-order valence-electron chi connectivity index (χ2n) is 4.62. The molecule has 0 spiro atoms. The average molecular weight is 283 g/mol. The zero-order valence-corrected chi connectivity index (χ0v) is 12.4. The number of nitrogen functional groups attached to an aromatic ring is 1. The van der Waals surface area contributed by atoms with Gasteiger partial charge in [0.05, 0.1) is 5.60 Å². The molecule has 7 heteroatoms. The van der Waals surface area contributed by atoms with Crippen molar-refractivity contribution < 1.29 is 9.84 Å². The number of hydrogen-bond donors (Lipinski definition) is 4. The summed E-state index contributed by atoms with van der Waals surface area (Å²) in [6.45, 7) is 7.17. The van der Waals surface area contributed by atoms with E-state index in [1.165, 1.54) is 0 Å². The molecule has 0 aliphatic rings. The third-order valence-electron chi connectivity index (χ3n) is 3.27. The molecular weight excluding hydrogens is 258 g/mol. The van der Waals surface area contributed by atoms with Gasteiger partial charge in [0.1, 0.15) is 18.2 Å². The lowest BCUT2D eigenvalue weighted by Crippen LogP contribution is -2.35. The fraction of sp³-hybridized carbons (Fsp3) is 0.692. The molecule has 0 saturated carbocycles. The van der Waals surface area contributed by atoms with Crippen LogP contribution in [0.25, 0.3) is 0 Å². The zero-order chi connectivity index (χ0) is 15.0. The summed E-state index contributed by atoms with van der Waals surface area (Å²) in [4.78, 5) is 8.54. The van der Waals surface area contributed by atoms with Gasteiger partial charge < -0.3 is 20.6 Å². The fourth-order valence-electron chi connectivity index (χ4n) is 1.67. The summed E-state index contributed by atoms with van der Waals surface area (Å²) < 4.78 is 5.29. The summed E-state index contributed by atoms with van der Waals surface area (Å²) >= 11 is 0. The topological polar surface area (TPSA) is 105 Å². The third kappa shape index (κ3) is 4.92. The van der Waals surface area contributed by atoms with E-state index in [2.05, 4.69) is 20.7 Å². The number of anilines is 2. The van der Waals surface area contributed by atoms with E-state index in [9.17, 15) is 5.11 Å². The van der Waals surface area contributed by atoms with Crippen LogP contribution >= 0.6 is 0 Å². The molecule has 5 N–H and O–H groups in total. The lowest BCUT2D eigenvalue weighted by molar-refractivity contribution is 0.0456. The van der Waals surface area contributed by atoms with Crippen LogP contribution in [-0.4, -0.2) is 33.8 Å². The first kappa shape index (κ1) is 16.6. The predicted octanol–water partition coefficient (Wildman–Crippen LogP) is 1.26. The van der Waals surface area contributed by atoms with Crippen LogP contribution in [0.2, 0.25) is 0 Å². The van der Waals surface area contributed by atoms with Crippen molar-refractivity contribution >= 4 is 11.6 Å². The molecule has 0 aliphatic heterocycles. The molecule has 0 fully saturated rings. The van der Waals surface area contributed by atoms with Gasteiger partial charge in [-0.15, -0.1) is 0 Å². The van der Waals surface area contributed by atoms with Gasteiger partial charge >= 0.3 is 0 Å². The molecule has 1 heterocycles. The number of nitrogens with one attached hydrogen (secondary N) is 2. The summed E-state index contributed by atoms with van der Waals surface area (Å²) in [5, 5.41) is 13.4. The van der Waals surface area contributed by atoms with Gasteiger partial charge in [-0.05, 0) is 19.8 Å². The van der Waals surface area contributed by atoms with Gasteiger partial charge in [0.2, 0.25) is 0 Å². The van der Waals surface area contributed by atoms with Crippen LogP contribution in [0, 0.1) is 0 Å². The molecular formula is C13H25N5O2. The Bertz CT molecular complexity index is 410. The Morgan fingerprint density at radius 3 is 2.45 bits per heavy atom. The maximum absolute atomic E-state index is 10.3. The minimum atomic E-state index is -0.735. The van der Waals surface area contributed by atoms with Crippen LogP contribution in [-0.2, 0) is 11.3 Å².